The van der Waals surface area contributed by atoms with Crippen LogP contribution < -0.4 is 5.32 Å². The minimum Gasteiger partial charge on any atom is -0.389 e. The van der Waals surface area contributed by atoms with Crippen LogP contribution in [0.1, 0.15) is 45.4 Å². The Hall–Kier alpha value is -0.0800. The van der Waals surface area contributed by atoms with E-state index in [4.69, 9.17) is 0 Å². The fourth-order valence-electron chi connectivity index (χ4n) is 1.82. The Morgan fingerprint density at radius 3 is 2.75 bits per heavy atom. The Bertz CT molecular complexity index is 119. The molecular formula is C10H21NO. The summed E-state index contributed by atoms with van der Waals surface area (Å²) >= 11 is 0. The average Bonchev–Trinajstić information content (AvgIpc) is 2.47. The molecule has 0 aromatic carbocycles. The summed E-state index contributed by atoms with van der Waals surface area (Å²) in [7, 11) is 0. The van der Waals surface area contributed by atoms with Gasteiger partial charge in [0.25, 0.3) is 0 Å². The zero-order valence-electron chi connectivity index (χ0n) is 8.10. The van der Waals surface area contributed by atoms with E-state index in [9.17, 15) is 5.11 Å². The van der Waals surface area contributed by atoms with Crippen molar-refractivity contribution in [3.05, 3.63) is 0 Å². The molecule has 0 bridgehead atoms. The third-order valence-corrected chi connectivity index (χ3v) is 2.72. The normalized spacial score (nSPS) is 29.5. The van der Waals surface area contributed by atoms with E-state index in [1.165, 1.54) is 25.7 Å². The van der Waals surface area contributed by atoms with E-state index in [0.29, 0.717) is 0 Å². The number of hydrogen-bond acceptors (Lipinski definition) is 2. The van der Waals surface area contributed by atoms with Gasteiger partial charge in [-0.3, -0.25) is 0 Å². The molecule has 1 rings (SSSR count). The van der Waals surface area contributed by atoms with Crippen molar-refractivity contribution < 1.29 is 5.11 Å². The van der Waals surface area contributed by atoms with Crippen molar-refractivity contribution in [2.45, 2.75) is 51.0 Å². The maximum Gasteiger partial charge on any atom is 0.0783 e. The molecule has 0 saturated carbocycles. The van der Waals surface area contributed by atoms with Gasteiger partial charge in [0.1, 0.15) is 0 Å². The number of nitrogens with one attached hydrogen (secondary N) is 1. The number of hydrogen-bond donors (Lipinski definition) is 2. The van der Waals surface area contributed by atoms with Gasteiger partial charge in [-0.25, -0.2) is 0 Å². The van der Waals surface area contributed by atoms with Crippen molar-refractivity contribution >= 4 is 0 Å². The van der Waals surface area contributed by atoms with Crippen LogP contribution >= 0.6 is 0 Å². The van der Waals surface area contributed by atoms with Crippen molar-refractivity contribution in [2.75, 3.05) is 13.1 Å². The molecule has 72 valence electrons. The molecule has 1 unspecified atom stereocenters. The van der Waals surface area contributed by atoms with E-state index in [0.717, 1.165) is 25.9 Å². The Balaban J connectivity index is 2.05. The molecular weight excluding hydrogens is 150 g/mol. The highest BCUT2D eigenvalue weighted by Gasteiger charge is 2.29. The fourth-order valence-corrected chi connectivity index (χ4v) is 1.82. The van der Waals surface area contributed by atoms with E-state index in [1.807, 2.05) is 0 Å². The minimum absolute atomic E-state index is 0.367. The minimum atomic E-state index is -0.367. The number of unbranched alkanes of at least 4 members (excludes halogenated alkanes) is 3. The van der Waals surface area contributed by atoms with Gasteiger partial charge >= 0.3 is 0 Å². The largest absolute Gasteiger partial charge is 0.389 e. The molecule has 1 aliphatic heterocycles. The summed E-state index contributed by atoms with van der Waals surface area (Å²) in [5, 5.41) is 13.1. The highest BCUT2D eigenvalue weighted by atomic mass is 16.3. The standard InChI is InChI=1S/C10H21NO/c1-2-3-4-5-6-10(12)7-8-11-9-10/h11-12H,2-9H2,1H3. The summed E-state index contributed by atoms with van der Waals surface area (Å²) in [6, 6.07) is 0. The summed E-state index contributed by atoms with van der Waals surface area (Å²) in [5.74, 6) is 0. The third-order valence-electron chi connectivity index (χ3n) is 2.72. The van der Waals surface area contributed by atoms with Crippen LogP contribution in [0.4, 0.5) is 0 Å². The van der Waals surface area contributed by atoms with Gasteiger partial charge in [0.05, 0.1) is 5.60 Å². The number of aliphatic hydroxyl groups is 1. The van der Waals surface area contributed by atoms with Gasteiger partial charge in [0.2, 0.25) is 0 Å². The Morgan fingerprint density at radius 1 is 1.33 bits per heavy atom. The molecule has 0 aliphatic carbocycles. The first-order valence-corrected chi connectivity index (χ1v) is 5.20. The molecule has 2 heteroatoms. The van der Waals surface area contributed by atoms with Gasteiger partial charge in [-0.05, 0) is 19.4 Å². The van der Waals surface area contributed by atoms with Crippen LogP contribution in [0.15, 0.2) is 0 Å². The summed E-state index contributed by atoms with van der Waals surface area (Å²) in [6.45, 7) is 4.01. The van der Waals surface area contributed by atoms with E-state index in [2.05, 4.69) is 12.2 Å². The molecule has 0 aromatic heterocycles. The smallest absolute Gasteiger partial charge is 0.0783 e. The van der Waals surface area contributed by atoms with Gasteiger partial charge < -0.3 is 10.4 Å². The van der Waals surface area contributed by atoms with Crippen molar-refractivity contribution in [1.82, 2.24) is 5.32 Å². The molecule has 1 heterocycles. The van der Waals surface area contributed by atoms with Crippen LogP contribution in [-0.4, -0.2) is 23.8 Å². The molecule has 1 fully saturated rings. The summed E-state index contributed by atoms with van der Waals surface area (Å²) in [5.41, 5.74) is -0.367. The molecule has 2 nitrogen and oxygen atoms in total. The Kier molecular flexibility index (Phi) is 4.02. The second kappa shape index (κ2) is 4.83. The molecule has 0 spiro atoms. The van der Waals surface area contributed by atoms with Crippen molar-refractivity contribution in [3.8, 4) is 0 Å². The third kappa shape index (κ3) is 3.11. The fraction of sp³-hybridized carbons (Fsp3) is 1.00. The van der Waals surface area contributed by atoms with E-state index in [1.54, 1.807) is 0 Å². The molecule has 0 aromatic rings. The topological polar surface area (TPSA) is 32.3 Å². The number of rotatable bonds is 5. The van der Waals surface area contributed by atoms with Crippen LogP contribution in [0.3, 0.4) is 0 Å². The Morgan fingerprint density at radius 2 is 2.17 bits per heavy atom. The van der Waals surface area contributed by atoms with Crippen LogP contribution in [-0.2, 0) is 0 Å². The highest BCUT2D eigenvalue weighted by Crippen LogP contribution is 2.21. The second-order valence-electron chi connectivity index (χ2n) is 3.96. The molecule has 0 radical (unpaired) electrons. The van der Waals surface area contributed by atoms with Gasteiger partial charge in [0, 0.05) is 6.54 Å². The van der Waals surface area contributed by atoms with E-state index < -0.39 is 0 Å². The zero-order chi connectivity index (χ0) is 8.86. The lowest BCUT2D eigenvalue weighted by Gasteiger charge is -2.20. The average molecular weight is 171 g/mol. The van der Waals surface area contributed by atoms with Crippen molar-refractivity contribution in [3.63, 3.8) is 0 Å². The lowest BCUT2D eigenvalue weighted by atomic mass is 9.95. The van der Waals surface area contributed by atoms with Crippen LogP contribution in [0, 0.1) is 0 Å². The number of β-amino-alcohol motifs (C(OH)–C–C–N with tert-alkyl or cyclic N) is 1. The monoisotopic (exact) mass is 171 g/mol. The van der Waals surface area contributed by atoms with Gasteiger partial charge in [-0.15, -0.1) is 0 Å². The van der Waals surface area contributed by atoms with Crippen LogP contribution in [0.5, 0.6) is 0 Å². The molecule has 1 saturated heterocycles. The highest BCUT2D eigenvalue weighted by molar-refractivity contribution is 4.87. The summed E-state index contributed by atoms with van der Waals surface area (Å²) in [4.78, 5) is 0. The maximum atomic E-state index is 9.93. The van der Waals surface area contributed by atoms with Gasteiger partial charge in [-0.2, -0.15) is 0 Å². The quantitative estimate of drug-likeness (QED) is 0.617. The summed E-state index contributed by atoms with van der Waals surface area (Å²) in [6.07, 6.45) is 6.98. The molecule has 1 atom stereocenters. The zero-order valence-corrected chi connectivity index (χ0v) is 8.10. The van der Waals surface area contributed by atoms with Crippen LogP contribution in [0.25, 0.3) is 0 Å². The molecule has 2 N–H and O–H groups in total. The lowest BCUT2D eigenvalue weighted by molar-refractivity contribution is 0.0495. The summed E-state index contributed by atoms with van der Waals surface area (Å²) < 4.78 is 0. The van der Waals surface area contributed by atoms with E-state index in [-0.39, 0.29) is 5.60 Å². The first kappa shape index (κ1) is 10.0. The first-order valence-electron chi connectivity index (χ1n) is 5.20. The Labute approximate surface area is 75.4 Å². The van der Waals surface area contributed by atoms with Crippen LogP contribution in [0.2, 0.25) is 0 Å². The molecule has 1 aliphatic rings. The predicted octanol–water partition coefficient (Wildman–Crippen LogP) is 1.68. The van der Waals surface area contributed by atoms with Crippen molar-refractivity contribution in [1.29, 1.82) is 0 Å². The first-order chi connectivity index (χ1) is 5.77. The van der Waals surface area contributed by atoms with Crippen molar-refractivity contribution in [2.24, 2.45) is 0 Å². The lowest BCUT2D eigenvalue weighted by Crippen LogP contribution is -2.30. The molecule has 12 heavy (non-hydrogen) atoms. The van der Waals surface area contributed by atoms with E-state index >= 15 is 0 Å². The predicted molar refractivity (Wildman–Crippen MR) is 51.2 cm³/mol. The van der Waals surface area contributed by atoms with Gasteiger partial charge in [-0.1, -0.05) is 32.6 Å². The second-order valence-corrected chi connectivity index (χ2v) is 3.96. The SMILES string of the molecule is CCCCCCC1(O)CCNC1. The van der Waals surface area contributed by atoms with Gasteiger partial charge in [0.15, 0.2) is 0 Å². The molecule has 0 amide bonds. The maximum absolute atomic E-state index is 9.93.